The van der Waals surface area contributed by atoms with Gasteiger partial charge in [-0.05, 0) is 25.3 Å². The molecule has 3 atom stereocenters. The Morgan fingerprint density at radius 1 is 1.20 bits per heavy atom. The van der Waals surface area contributed by atoms with Gasteiger partial charge in [0.1, 0.15) is 0 Å². The van der Waals surface area contributed by atoms with Crippen molar-refractivity contribution in [1.82, 2.24) is 4.90 Å². The maximum absolute atomic E-state index is 11.3. The molecule has 1 rings (SSSR count). The van der Waals surface area contributed by atoms with E-state index in [0.717, 1.165) is 13.0 Å². The SMILES string of the molecule is CCCCC(CC)CN1CCC(C(=O)O)C(C(=O)O)C1. The molecule has 20 heavy (non-hydrogen) atoms. The second-order valence-corrected chi connectivity index (χ2v) is 5.85. The van der Waals surface area contributed by atoms with Gasteiger partial charge in [-0.3, -0.25) is 9.59 Å². The molecule has 1 aliphatic rings. The molecule has 0 saturated carbocycles. The summed E-state index contributed by atoms with van der Waals surface area (Å²) in [6, 6.07) is 0. The van der Waals surface area contributed by atoms with Gasteiger partial charge in [0.2, 0.25) is 0 Å². The van der Waals surface area contributed by atoms with Gasteiger partial charge >= 0.3 is 11.9 Å². The Balaban J connectivity index is 2.57. The summed E-state index contributed by atoms with van der Waals surface area (Å²) in [6.07, 6.45) is 5.08. The van der Waals surface area contributed by atoms with Gasteiger partial charge in [0.25, 0.3) is 0 Å². The fraction of sp³-hybridized carbons (Fsp3) is 0.867. The number of hydrogen-bond acceptors (Lipinski definition) is 3. The smallest absolute Gasteiger partial charge is 0.308 e. The molecule has 0 spiro atoms. The van der Waals surface area contributed by atoms with E-state index in [1.54, 1.807) is 0 Å². The Bertz CT molecular complexity index is 332. The van der Waals surface area contributed by atoms with E-state index in [9.17, 15) is 14.7 Å². The third-order valence-corrected chi connectivity index (χ3v) is 4.39. The van der Waals surface area contributed by atoms with E-state index in [2.05, 4.69) is 18.7 Å². The number of carboxylic acid groups (broad SMARTS) is 2. The summed E-state index contributed by atoms with van der Waals surface area (Å²) in [5.74, 6) is -2.88. The van der Waals surface area contributed by atoms with Crippen molar-refractivity contribution in [2.24, 2.45) is 17.8 Å². The van der Waals surface area contributed by atoms with Crippen molar-refractivity contribution in [3.63, 3.8) is 0 Å². The standard InChI is InChI=1S/C15H27NO4/c1-3-5-6-11(4-2)9-16-8-7-12(14(17)18)13(10-16)15(19)20/h11-13H,3-10H2,1-2H3,(H,17,18)(H,19,20). The van der Waals surface area contributed by atoms with Crippen LogP contribution in [0.3, 0.4) is 0 Å². The molecule has 0 aromatic rings. The molecule has 0 amide bonds. The maximum Gasteiger partial charge on any atom is 0.308 e. The third-order valence-electron chi connectivity index (χ3n) is 4.39. The lowest BCUT2D eigenvalue weighted by Gasteiger charge is -2.36. The summed E-state index contributed by atoms with van der Waals surface area (Å²) in [5.41, 5.74) is 0. The minimum absolute atomic E-state index is 0.370. The predicted molar refractivity (Wildman–Crippen MR) is 76.6 cm³/mol. The molecule has 5 nitrogen and oxygen atoms in total. The van der Waals surface area contributed by atoms with E-state index >= 15 is 0 Å². The zero-order valence-corrected chi connectivity index (χ0v) is 12.5. The maximum atomic E-state index is 11.3. The molecule has 3 unspecified atom stereocenters. The summed E-state index contributed by atoms with van der Waals surface area (Å²) in [6.45, 7) is 6.30. The van der Waals surface area contributed by atoms with Crippen molar-refractivity contribution < 1.29 is 19.8 Å². The molecular formula is C15H27NO4. The third kappa shape index (κ3) is 4.78. The number of carbonyl (C=O) groups is 2. The topological polar surface area (TPSA) is 77.8 Å². The molecule has 0 aromatic heterocycles. The number of likely N-dealkylation sites (tertiary alicyclic amines) is 1. The van der Waals surface area contributed by atoms with Gasteiger partial charge in [-0.1, -0.05) is 33.1 Å². The number of piperidine rings is 1. The number of hydrogen-bond donors (Lipinski definition) is 2. The Kier molecular flexibility index (Phi) is 6.99. The number of rotatable bonds is 8. The van der Waals surface area contributed by atoms with Gasteiger partial charge in [-0.15, -0.1) is 0 Å². The van der Waals surface area contributed by atoms with Crippen molar-refractivity contribution in [2.75, 3.05) is 19.6 Å². The minimum Gasteiger partial charge on any atom is -0.481 e. The lowest BCUT2D eigenvalue weighted by Crippen LogP contribution is -2.47. The summed E-state index contributed by atoms with van der Waals surface area (Å²) in [4.78, 5) is 24.5. The Labute approximate surface area is 121 Å². The van der Waals surface area contributed by atoms with Gasteiger partial charge in [-0.25, -0.2) is 0 Å². The van der Waals surface area contributed by atoms with Crippen LogP contribution in [0.1, 0.15) is 46.0 Å². The molecule has 5 heteroatoms. The molecule has 116 valence electrons. The number of aliphatic carboxylic acids is 2. The highest BCUT2D eigenvalue weighted by molar-refractivity contribution is 5.80. The first-order valence-corrected chi connectivity index (χ1v) is 7.67. The first-order chi connectivity index (χ1) is 9.49. The first-order valence-electron chi connectivity index (χ1n) is 7.67. The highest BCUT2D eigenvalue weighted by atomic mass is 16.4. The van der Waals surface area contributed by atoms with Crippen LogP contribution in [-0.2, 0) is 9.59 Å². The molecule has 0 aromatic carbocycles. The molecule has 0 radical (unpaired) electrons. The van der Waals surface area contributed by atoms with E-state index in [1.165, 1.54) is 19.3 Å². The van der Waals surface area contributed by atoms with Gasteiger partial charge in [-0.2, -0.15) is 0 Å². The largest absolute Gasteiger partial charge is 0.481 e. The van der Waals surface area contributed by atoms with Gasteiger partial charge in [0.15, 0.2) is 0 Å². The van der Waals surface area contributed by atoms with Crippen molar-refractivity contribution in [2.45, 2.75) is 46.0 Å². The van der Waals surface area contributed by atoms with Crippen LogP contribution in [0.2, 0.25) is 0 Å². The monoisotopic (exact) mass is 285 g/mol. The zero-order chi connectivity index (χ0) is 15.1. The van der Waals surface area contributed by atoms with Crippen LogP contribution in [0.4, 0.5) is 0 Å². The summed E-state index contributed by atoms with van der Waals surface area (Å²) in [7, 11) is 0. The number of unbranched alkanes of at least 4 members (excludes halogenated alkanes) is 1. The fourth-order valence-electron chi connectivity index (χ4n) is 3.01. The highest BCUT2D eigenvalue weighted by Crippen LogP contribution is 2.26. The Morgan fingerprint density at radius 2 is 1.85 bits per heavy atom. The summed E-state index contributed by atoms with van der Waals surface area (Å²) >= 11 is 0. The Morgan fingerprint density at radius 3 is 2.35 bits per heavy atom. The first kappa shape index (κ1) is 17.0. The predicted octanol–water partition coefficient (Wildman–Crippen LogP) is 2.31. The van der Waals surface area contributed by atoms with Crippen molar-refractivity contribution in [3.8, 4) is 0 Å². The second-order valence-electron chi connectivity index (χ2n) is 5.85. The second kappa shape index (κ2) is 8.25. The summed E-state index contributed by atoms with van der Waals surface area (Å²) in [5, 5.41) is 18.3. The average Bonchev–Trinajstić information content (AvgIpc) is 2.42. The minimum atomic E-state index is -0.983. The summed E-state index contributed by atoms with van der Waals surface area (Å²) < 4.78 is 0. The number of carboxylic acids is 2. The van der Waals surface area contributed by atoms with E-state index in [4.69, 9.17) is 5.11 Å². The van der Waals surface area contributed by atoms with Crippen LogP contribution in [0, 0.1) is 17.8 Å². The van der Waals surface area contributed by atoms with Gasteiger partial charge < -0.3 is 15.1 Å². The van der Waals surface area contributed by atoms with Gasteiger partial charge in [0.05, 0.1) is 11.8 Å². The molecule has 2 N–H and O–H groups in total. The lowest BCUT2D eigenvalue weighted by atomic mass is 9.85. The molecule has 1 fully saturated rings. The van der Waals surface area contributed by atoms with E-state index in [-0.39, 0.29) is 0 Å². The van der Waals surface area contributed by atoms with Crippen molar-refractivity contribution in [3.05, 3.63) is 0 Å². The normalized spacial score (nSPS) is 25.3. The quantitative estimate of drug-likeness (QED) is 0.715. The van der Waals surface area contributed by atoms with Gasteiger partial charge in [0, 0.05) is 13.1 Å². The Hall–Kier alpha value is -1.10. The molecule has 0 aliphatic carbocycles. The van der Waals surface area contributed by atoms with Crippen molar-refractivity contribution >= 4 is 11.9 Å². The van der Waals surface area contributed by atoms with Crippen LogP contribution < -0.4 is 0 Å². The van der Waals surface area contributed by atoms with Crippen LogP contribution in [0.25, 0.3) is 0 Å². The molecular weight excluding hydrogens is 258 g/mol. The van der Waals surface area contributed by atoms with Crippen LogP contribution in [0.15, 0.2) is 0 Å². The lowest BCUT2D eigenvalue weighted by molar-refractivity contribution is -0.157. The fourth-order valence-corrected chi connectivity index (χ4v) is 3.01. The van der Waals surface area contributed by atoms with E-state index < -0.39 is 23.8 Å². The number of nitrogens with zero attached hydrogens (tertiary/aromatic N) is 1. The van der Waals surface area contributed by atoms with Crippen LogP contribution in [0.5, 0.6) is 0 Å². The van der Waals surface area contributed by atoms with E-state index in [0.29, 0.717) is 25.4 Å². The molecule has 1 saturated heterocycles. The van der Waals surface area contributed by atoms with Crippen LogP contribution in [-0.4, -0.2) is 46.7 Å². The molecule has 0 bridgehead atoms. The van der Waals surface area contributed by atoms with Crippen LogP contribution >= 0.6 is 0 Å². The molecule has 1 heterocycles. The van der Waals surface area contributed by atoms with Crippen molar-refractivity contribution in [1.29, 1.82) is 0 Å². The highest BCUT2D eigenvalue weighted by Gasteiger charge is 2.38. The average molecular weight is 285 g/mol. The zero-order valence-electron chi connectivity index (χ0n) is 12.5. The van der Waals surface area contributed by atoms with E-state index in [1.807, 2.05) is 0 Å². The molecule has 1 aliphatic heterocycles.